The Balaban J connectivity index is 1.38. The Kier molecular flexibility index (Phi) is 11.6. The highest BCUT2D eigenvalue weighted by atomic mass is 16.7. The van der Waals surface area contributed by atoms with Crippen LogP contribution in [0, 0.1) is 56.7 Å². The van der Waals surface area contributed by atoms with Gasteiger partial charge >= 0.3 is 29.8 Å². The van der Waals surface area contributed by atoms with Gasteiger partial charge in [-0.25, -0.2) is 0 Å². The van der Waals surface area contributed by atoms with Crippen molar-refractivity contribution < 1.29 is 62.6 Å². The van der Waals surface area contributed by atoms with E-state index in [2.05, 4.69) is 54.5 Å². The van der Waals surface area contributed by atoms with E-state index in [4.69, 9.17) is 28.4 Å². The Morgan fingerprint density at radius 1 is 0.754 bits per heavy atom. The first-order valence-corrected chi connectivity index (χ1v) is 21.0. The van der Waals surface area contributed by atoms with Crippen LogP contribution in [0.3, 0.4) is 0 Å². The third-order valence-corrected chi connectivity index (χ3v) is 16.5. The van der Waals surface area contributed by atoms with Crippen LogP contribution in [0.25, 0.3) is 0 Å². The lowest BCUT2D eigenvalue weighted by molar-refractivity contribution is -0.304. The first-order chi connectivity index (χ1) is 26.4. The molecule has 1 saturated heterocycles. The SMILES string of the molecule is CC(=O)OC[C@H]1O[C@@H](OC(=O)[C@]23CC[C@@H](C)[C@H](C)[C@H]2C2=CC[C@@H]4[C@@]5(C)C[C@@H](O)[C@H](O)C(C)(C)[C@@H]5CC[C@@]4(C)[C@]2(C)CC3)[C@H](OC(C)=O)[C@@H](OC(C)=O)[C@@H]1OC(C)=O. The van der Waals surface area contributed by atoms with Crippen molar-refractivity contribution >= 4 is 29.8 Å². The number of aliphatic hydroxyl groups is 2. The van der Waals surface area contributed by atoms with Crippen molar-refractivity contribution in [1.29, 1.82) is 0 Å². The number of hydrogen-bond donors (Lipinski definition) is 2. The molecule has 5 fully saturated rings. The van der Waals surface area contributed by atoms with Gasteiger partial charge in [0.2, 0.25) is 12.4 Å². The highest BCUT2D eigenvalue weighted by molar-refractivity contribution is 5.79. The lowest BCUT2D eigenvalue weighted by Crippen LogP contribution is -2.67. The predicted octanol–water partition coefficient (Wildman–Crippen LogP) is 5.60. The van der Waals surface area contributed by atoms with Gasteiger partial charge in [-0.15, -0.1) is 0 Å². The van der Waals surface area contributed by atoms with Crippen molar-refractivity contribution in [3.63, 3.8) is 0 Å². The molecule has 5 aliphatic carbocycles. The molecule has 1 heterocycles. The summed E-state index contributed by atoms with van der Waals surface area (Å²) in [5, 5.41) is 22.4. The zero-order valence-corrected chi connectivity index (χ0v) is 35.8. The van der Waals surface area contributed by atoms with E-state index in [0.717, 1.165) is 52.9 Å². The molecule has 0 radical (unpaired) electrons. The summed E-state index contributed by atoms with van der Waals surface area (Å²) in [6.45, 7) is 20.1. The summed E-state index contributed by atoms with van der Waals surface area (Å²) in [5.74, 6) is -2.67. The van der Waals surface area contributed by atoms with Gasteiger partial charge in [-0.05, 0) is 103 Å². The summed E-state index contributed by atoms with van der Waals surface area (Å²) >= 11 is 0. The van der Waals surface area contributed by atoms with E-state index in [-0.39, 0.29) is 39.9 Å². The number of hydrogen-bond acceptors (Lipinski definition) is 13. The molecule has 6 rings (SSSR count). The molecule has 2 N–H and O–H groups in total. The second-order valence-electron chi connectivity index (χ2n) is 19.8. The van der Waals surface area contributed by atoms with Crippen LogP contribution >= 0.6 is 0 Å². The minimum atomic E-state index is -1.59. The van der Waals surface area contributed by atoms with E-state index < -0.39 is 90.2 Å². The number of esters is 5. The van der Waals surface area contributed by atoms with Gasteiger partial charge in [0.05, 0.1) is 17.6 Å². The number of allylic oxidation sites excluding steroid dienone is 2. The molecule has 4 saturated carbocycles. The normalized spacial score (nSPS) is 45.9. The number of carbonyl (C=O) groups excluding carboxylic acids is 5. The van der Waals surface area contributed by atoms with Crippen LogP contribution in [-0.2, 0) is 52.4 Å². The largest absolute Gasteiger partial charge is 0.463 e. The molecule has 57 heavy (non-hydrogen) atoms. The third kappa shape index (κ3) is 7.02. The van der Waals surface area contributed by atoms with Crippen molar-refractivity contribution in [1.82, 2.24) is 0 Å². The van der Waals surface area contributed by atoms with Gasteiger partial charge in [-0.3, -0.25) is 24.0 Å². The number of aliphatic hydroxyl groups excluding tert-OH is 2. The molecule has 0 aromatic heterocycles. The molecule has 0 bridgehead atoms. The Morgan fingerprint density at radius 3 is 1.98 bits per heavy atom. The smallest absolute Gasteiger partial charge is 0.315 e. The summed E-state index contributed by atoms with van der Waals surface area (Å²) in [5.41, 5.74) is -0.711. The Hall–Kier alpha value is -3.03. The van der Waals surface area contributed by atoms with Crippen molar-refractivity contribution in [2.24, 2.45) is 56.7 Å². The Morgan fingerprint density at radius 2 is 1.37 bits per heavy atom. The average Bonchev–Trinajstić information content (AvgIpc) is 3.10. The summed E-state index contributed by atoms with van der Waals surface area (Å²) in [7, 11) is 0. The molecule has 6 aliphatic rings. The third-order valence-electron chi connectivity index (χ3n) is 16.5. The van der Waals surface area contributed by atoms with Gasteiger partial charge in [-0.1, -0.05) is 60.1 Å². The number of fused-ring (bicyclic) bond motifs is 7. The van der Waals surface area contributed by atoms with E-state index in [1.54, 1.807) is 0 Å². The first kappa shape index (κ1) is 43.5. The van der Waals surface area contributed by atoms with E-state index in [1.165, 1.54) is 12.5 Å². The molecule has 0 unspecified atom stereocenters. The molecule has 0 aromatic carbocycles. The van der Waals surface area contributed by atoms with Crippen molar-refractivity contribution in [2.45, 2.75) is 170 Å². The van der Waals surface area contributed by atoms with Gasteiger partial charge in [0.25, 0.3) is 0 Å². The highest BCUT2D eigenvalue weighted by Gasteiger charge is 2.71. The second-order valence-corrected chi connectivity index (χ2v) is 19.8. The lowest BCUT2D eigenvalue weighted by atomic mass is 9.33. The lowest BCUT2D eigenvalue weighted by Gasteiger charge is -2.71. The molecule has 13 nitrogen and oxygen atoms in total. The fourth-order valence-corrected chi connectivity index (χ4v) is 13.5. The standard InChI is InChI=1S/C44H66O13/c1-22-14-17-44(39(51)57-38-36(55-27(6)48)35(54-26(5)47)34(53-25(4)46)30(56-38)21-52-24(3)45)19-18-42(10)28(33(44)23(22)2)12-13-32-41(9)20-29(49)37(50)40(7,8)31(41)15-16-43(32,42)11/h12,22-23,29-38,49-50H,13-21H2,1-11H3/t22-,23+,29-,30-,31+,32-,33+,34-,35+,36-,37+,38+,41+,42-,43-,44+/m1/s1. The molecule has 1 aliphatic heterocycles. The number of ether oxygens (including phenoxy) is 6. The molecular weight excluding hydrogens is 736 g/mol. The average molecular weight is 803 g/mol. The molecule has 0 amide bonds. The van der Waals surface area contributed by atoms with Crippen LogP contribution < -0.4 is 0 Å². The monoisotopic (exact) mass is 802 g/mol. The first-order valence-electron chi connectivity index (χ1n) is 21.0. The molecule has 320 valence electrons. The Labute approximate surface area is 337 Å². The quantitative estimate of drug-likeness (QED) is 0.185. The summed E-state index contributed by atoms with van der Waals surface area (Å²) in [4.78, 5) is 64.4. The van der Waals surface area contributed by atoms with Crippen LogP contribution in [0.4, 0.5) is 0 Å². The fraction of sp³-hybridized carbons (Fsp3) is 0.841. The van der Waals surface area contributed by atoms with Gasteiger partial charge < -0.3 is 38.6 Å². The summed E-state index contributed by atoms with van der Waals surface area (Å²) in [6.07, 6.45) is -0.429. The van der Waals surface area contributed by atoms with Crippen LogP contribution in [0.2, 0.25) is 0 Å². The minimum Gasteiger partial charge on any atom is -0.463 e. The van der Waals surface area contributed by atoms with E-state index in [0.29, 0.717) is 25.2 Å². The number of carbonyl (C=O) groups is 5. The van der Waals surface area contributed by atoms with Crippen LogP contribution in [-0.4, -0.2) is 89.6 Å². The second kappa shape index (κ2) is 15.2. The maximum Gasteiger partial charge on any atom is 0.315 e. The van der Waals surface area contributed by atoms with Gasteiger partial charge in [-0.2, -0.15) is 0 Å². The van der Waals surface area contributed by atoms with Crippen LogP contribution in [0.5, 0.6) is 0 Å². The summed E-state index contributed by atoms with van der Waals surface area (Å²) in [6, 6.07) is 0. The summed E-state index contributed by atoms with van der Waals surface area (Å²) < 4.78 is 34.7. The van der Waals surface area contributed by atoms with E-state index in [9.17, 15) is 29.4 Å². The maximum atomic E-state index is 15.2. The van der Waals surface area contributed by atoms with E-state index >= 15 is 4.79 Å². The van der Waals surface area contributed by atoms with Crippen LogP contribution in [0.15, 0.2) is 11.6 Å². The topological polar surface area (TPSA) is 181 Å². The molecule has 16 atom stereocenters. The van der Waals surface area contributed by atoms with Gasteiger partial charge in [0.15, 0.2) is 12.2 Å². The van der Waals surface area contributed by atoms with Crippen LogP contribution in [0.1, 0.15) is 128 Å². The molecular formula is C44H66O13. The van der Waals surface area contributed by atoms with Gasteiger partial charge in [0.1, 0.15) is 12.7 Å². The maximum absolute atomic E-state index is 15.2. The van der Waals surface area contributed by atoms with E-state index in [1.807, 2.05) is 0 Å². The zero-order chi connectivity index (χ0) is 42.2. The fourth-order valence-electron chi connectivity index (χ4n) is 13.5. The van der Waals surface area contributed by atoms with Gasteiger partial charge in [0, 0.05) is 27.7 Å². The highest BCUT2D eigenvalue weighted by Crippen LogP contribution is 2.76. The minimum absolute atomic E-state index is 0.116. The van der Waals surface area contributed by atoms with Crippen molar-refractivity contribution in [3.05, 3.63) is 11.6 Å². The van der Waals surface area contributed by atoms with Crippen molar-refractivity contribution in [2.75, 3.05) is 6.61 Å². The molecule has 13 heteroatoms. The predicted molar refractivity (Wildman–Crippen MR) is 204 cm³/mol. The number of rotatable bonds is 7. The molecule has 0 aromatic rings. The van der Waals surface area contributed by atoms with Crippen molar-refractivity contribution in [3.8, 4) is 0 Å². The molecule has 0 spiro atoms. The zero-order valence-electron chi connectivity index (χ0n) is 35.8. The Bertz CT molecular complexity index is 1660.